The van der Waals surface area contributed by atoms with Gasteiger partial charge >= 0.3 is 0 Å². The molecule has 0 N–H and O–H groups in total. The summed E-state index contributed by atoms with van der Waals surface area (Å²) >= 11 is 2.35. The maximum absolute atomic E-state index is 5.07. The lowest BCUT2D eigenvalue weighted by atomic mass is 10.2. The van der Waals surface area contributed by atoms with Gasteiger partial charge in [0.2, 0.25) is 0 Å². The fourth-order valence-corrected chi connectivity index (χ4v) is 1.84. The van der Waals surface area contributed by atoms with Crippen molar-refractivity contribution in [3.8, 4) is 0 Å². The maximum atomic E-state index is 5.07. The first-order valence-corrected chi connectivity index (χ1v) is 5.86. The van der Waals surface area contributed by atoms with Crippen LogP contribution in [-0.4, -0.2) is 23.5 Å². The lowest BCUT2D eigenvalue weighted by Crippen LogP contribution is -2.11. The van der Waals surface area contributed by atoms with Gasteiger partial charge in [-0.15, -0.1) is 0 Å². The lowest BCUT2D eigenvalue weighted by Gasteiger charge is -2.13. The molecule has 0 bridgehead atoms. The molecular weight excluding hydrogens is 291 g/mol. The van der Waals surface area contributed by atoms with Gasteiger partial charge in [-0.25, -0.2) is 0 Å². The molecule has 0 amide bonds. The Morgan fingerprint density at radius 3 is 2.57 bits per heavy atom. The van der Waals surface area contributed by atoms with Gasteiger partial charge in [-0.1, -0.05) is 0 Å². The summed E-state index contributed by atoms with van der Waals surface area (Å²) in [6.07, 6.45) is 1.01. The molecule has 0 aliphatic heterocycles. The molecule has 0 fully saturated rings. The summed E-state index contributed by atoms with van der Waals surface area (Å²) in [6.45, 7) is 7.13. The largest absolute Gasteiger partial charge is 0.385 e. The van der Waals surface area contributed by atoms with Gasteiger partial charge in [0.25, 0.3) is 0 Å². The van der Waals surface area contributed by atoms with Crippen LogP contribution in [0.1, 0.15) is 30.8 Å². The van der Waals surface area contributed by atoms with Gasteiger partial charge in [0.15, 0.2) is 0 Å². The summed E-state index contributed by atoms with van der Waals surface area (Å²) in [5.74, 6) is 0. The van der Waals surface area contributed by atoms with Crippen LogP contribution >= 0.6 is 22.6 Å². The first kappa shape index (κ1) is 12.0. The Hall–Kier alpha value is -0.100. The average Bonchev–Trinajstić information content (AvgIpc) is 2.42. The fourth-order valence-electron chi connectivity index (χ4n) is 1.48. The Balaban J connectivity index is 2.79. The van der Waals surface area contributed by atoms with Crippen LogP contribution in [0.2, 0.25) is 0 Å². The lowest BCUT2D eigenvalue weighted by molar-refractivity contribution is 0.178. The van der Waals surface area contributed by atoms with Crippen molar-refractivity contribution in [3.63, 3.8) is 0 Å². The van der Waals surface area contributed by atoms with Crippen molar-refractivity contribution in [2.75, 3.05) is 13.7 Å². The second kappa shape index (κ2) is 5.11. The van der Waals surface area contributed by atoms with E-state index in [2.05, 4.69) is 46.2 Å². The Kier molecular flexibility index (Phi) is 4.37. The van der Waals surface area contributed by atoms with Crippen molar-refractivity contribution in [2.24, 2.45) is 0 Å². The number of hydrogen-bond acceptors (Lipinski definition) is 2. The van der Waals surface area contributed by atoms with Crippen LogP contribution in [0.25, 0.3) is 0 Å². The van der Waals surface area contributed by atoms with E-state index in [0.717, 1.165) is 18.7 Å². The molecule has 0 spiro atoms. The summed E-state index contributed by atoms with van der Waals surface area (Å²) in [7, 11) is 1.73. The van der Waals surface area contributed by atoms with E-state index in [4.69, 9.17) is 4.74 Å². The first-order chi connectivity index (χ1) is 6.57. The van der Waals surface area contributed by atoms with E-state index in [9.17, 15) is 0 Å². The second-order valence-corrected chi connectivity index (χ2v) is 4.64. The molecule has 1 unspecified atom stereocenters. The van der Waals surface area contributed by atoms with Crippen molar-refractivity contribution in [1.29, 1.82) is 0 Å². The number of hydrogen-bond donors (Lipinski definition) is 0. The summed E-state index contributed by atoms with van der Waals surface area (Å²) < 4.78 is 8.43. The minimum atomic E-state index is 0.414. The predicted molar refractivity (Wildman–Crippen MR) is 65.6 cm³/mol. The van der Waals surface area contributed by atoms with Crippen LogP contribution in [0.4, 0.5) is 0 Å². The molecule has 0 aliphatic rings. The molecule has 0 radical (unpaired) electrons. The smallest absolute Gasteiger partial charge is 0.0730 e. The molecule has 4 heteroatoms. The highest BCUT2D eigenvalue weighted by Gasteiger charge is 2.13. The molecule has 1 aromatic heterocycles. The molecule has 1 aromatic rings. The highest BCUT2D eigenvalue weighted by molar-refractivity contribution is 14.1. The zero-order valence-corrected chi connectivity index (χ0v) is 11.3. The van der Waals surface area contributed by atoms with E-state index < -0.39 is 0 Å². The van der Waals surface area contributed by atoms with E-state index >= 15 is 0 Å². The standard InChI is InChI=1S/C10H17IN2O/c1-7(5-6-14-4)13-9(3)10(11)8(2)12-13/h7H,5-6H2,1-4H3. The molecule has 0 saturated carbocycles. The van der Waals surface area contributed by atoms with Gasteiger partial charge in [0.1, 0.15) is 0 Å². The maximum Gasteiger partial charge on any atom is 0.0730 e. The third-order valence-corrected chi connectivity index (χ3v) is 3.96. The van der Waals surface area contributed by atoms with Crippen LogP contribution < -0.4 is 0 Å². The third kappa shape index (κ3) is 2.48. The van der Waals surface area contributed by atoms with Gasteiger partial charge in [-0.3, -0.25) is 4.68 Å². The Morgan fingerprint density at radius 2 is 2.14 bits per heavy atom. The van der Waals surface area contributed by atoms with E-state index in [-0.39, 0.29) is 0 Å². The SMILES string of the molecule is COCCC(C)n1nc(C)c(I)c1C. The van der Waals surface area contributed by atoms with Crippen LogP contribution in [0, 0.1) is 17.4 Å². The van der Waals surface area contributed by atoms with Gasteiger partial charge in [0.05, 0.1) is 15.3 Å². The van der Waals surface area contributed by atoms with E-state index in [0.29, 0.717) is 6.04 Å². The summed E-state index contributed by atoms with van der Waals surface area (Å²) in [4.78, 5) is 0. The quantitative estimate of drug-likeness (QED) is 0.800. The molecule has 1 atom stereocenters. The number of nitrogens with zero attached hydrogens (tertiary/aromatic N) is 2. The van der Waals surface area contributed by atoms with Gasteiger partial charge < -0.3 is 4.74 Å². The predicted octanol–water partition coefficient (Wildman–Crippen LogP) is 2.70. The molecule has 0 aliphatic carbocycles. The number of ether oxygens (including phenoxy) is 1. The van der Waals surface area contributed by atoms with E-state index in [1.807, 2.05) is 6.92 Å². The van der Waals surface area contributed by atoms with E-state index in [1.54, 1.807) is 7.11 Å². The van der Waals surface area contributed by atoms with Gasteiger partial charge in [0, 0.05) is 19.4 Å². The summed E-state index contributed by atoms with van der Waals surface area (Å²) in [5, 5.41) is 4.52. The average molecular weight is 308 g/mol. The molecule has 14 heavy (non-hydrogen) atoms. The third-order valence-electron chi connectivity index (χ3n) is 2.39. The Morgan fingerprint density at radius 1 is 1.50 bits per heavy atom. The molecule has 0 saturated heterocycles. The highest BCUT2D eigenvalue weighted by atomic mass is 127. The molecule has 0 aromatic carbocycles. The zero-order valence-electron chi connectivity index (χ0n) is 9.17. The zero-order chi connectivity index (χ0) is 10.7. The topological polar surface area (TPSA) is 27.1 Å². The number of methoxy groups -OCH3 is 1. The monoisotopic (exact) mass is 308 g/mol. The molecule has 3 nitrogen and oxygen atoms in total. The number of aryl methyl sites for hydroxylation is 1. The number of aromatic nitrogens is 2. The van der Waals surface area contributed by atoms with Crippen molar-refractivity contribution in [2.45, 2.75) is 33.2 Å². The molecule has 1 heterocycles. The Labute approximate surface area is 99.0 Å². The van der Waals surface area contributed by atoms with Gasteiger partial charge in [-0.2, -0.15) is 5.10 Å². The van der Waals surface area contributed by atoms with Crippen molar-refractivity contribution in [3.05, 3.63) is 15.0 Å². The first-order valence-electron chi connectivity index (χ1n) is 4.78. The van der Waals surface area contributed by atoms with Crippen molar-refractivity contribution < 1.29 is 4.74 Å². The van der Waals surface area contributed by atoms with Crippen molar-refractivity contribution >= 4 is 22.6 Å². The number of rotatable bonds is 4. The summed E-state index contributed by atoms with van der Waals surface area (Å²) in [6, 6.07) is 0.414. The van der Waals surface area contributed by atoms with Crippen LogP contribution in [0.15, 0.2) is 0 Å². The van der Waals surface area contributed by atoms with Gasteiger partial charge in [-0.05, 0) is 49.8 Å². The van der Waals surface area contributed by atoms with E-state index in [1.165, 1.54) is 9.26 Å². The Bertz CT molecular complexity index is 309. The van der Waals surface area contributed by atoms with Crippen LogP contribution in [0.5, 0.6) is 0 Å². The molecular formula is C10H17IN2O. The number of halogens is 1. The minimum absolute atomic E-state index is 0.414. The fraction of sp³-hybridized carbons (Fsp3) is 0.700. The van der Waals surface area contributed by atoms with Crippen molar-refractivity contribution in [1.82, 2.24) is 9.78 Å². The molecule has 1 rings (SSSR count). The minimum Gasteiger partial charge on any atom is -0.385 e. The second-order valence-electron chi connectivity index (χ2n) is 3.56. The van der Waals surface area contributed by atoms with Crippen LogP contribution in [-0.2, 0) is 4.74 Å². The summed E-state index contributed by atoms with van der Waals surface area (Å²) in [5.41, 5.74) is 2.37. The molecule has 80 valence electrons. The highest BCUT2D eigenvalue weighted by Crippen LogP contribution is 2.20. The van der Waals surface area contributed by atoms with Crippen LogP contribution in [0.3, 0.4) is 0 Å². The normalized spacial score (nSPS) is 13.2.